The van der Waals surface area contributed by atoms with E-state index < -0.39 is 18.6 Å². The number of nitrogens with one attached hydrogen (secondary N) is 1. The normalized spacial score (nSPS) is 15.9. The number of methoxy groups -OCH3 is 1. The van der Waals surface area contributed by atoms with Crippen LogP contribution in [-0.2, 0) is 0 Å². The fourth-order valence-electron chi connectivity index (χ4n) is 3.36. The highest BCUT2D eigenvalue weighted by molar-refractivity contribution is 5.64. The number of nitrogens with zero attached hydrogens (tertiary/aromatic N) is 5. The Hall–Kier alpha value is -3.50. The molecule has 0 bridgehead atoms. The molecule has 0 fully saturated rings. The van der Waals surface area contributed by atoms with Crippen LogP contribution in [0.4, 0.5) is 30.6 Å². The largest absolute Gasteiger partial charge is 0.494 e. The number of anilines is 3. The monoisotopic (exact) mass is 434 g/mol. The molecule has 1 aromatic carbocycles. The van der Waals surface area contributed by atoms with Crippen molar-refractivity contribution in [2.24, 2.45) is 0 Å². The molecule has 4 rings (SSSR count). The molecule has 164 valence electrons. The number of rotatable bonds is 5. The predicted octanol–water partition coefficient (Wildman–Crippen LogP) is 3.87. The van der Waals surface area contributed by atoms with Gasteiger partial charge in [0.05, 0.1) is 43.5 Å². The lowest BCUT2D eigenvalue weighted by atomic mass is 10.1. The molecule has 0 radical (unpaired) electrons. The highest BCUT2D eigenvalue weighted by Gasteiger charge is 2.37. The molecule has 1 aliphatic rings. The van der Waals surface area contributed by atoms with Gasteiger partial charge in [0.2, 0.25) is 5.95 Å². The predicted molar refractivity (Wildman–Crippen MR) is 109 cm³/mol. The van der Waals surface area contributed by atoms with Crippen LogP contribution >= 0.6 is 0 Å². The minimum Gasteiger partial charge on any atom is -0.494 e. The van der Waals surface area contributed by atoms with E-state index in [1.165, 1.54) is 11.1 Å². The quantitative estimate of drug-likeness (QED) is 0.653. The van der Waals surface area contributed by atoms with Gasteiger partial charge >= 0.3 is 6.18 Å². The Kier molecular flexibility index (Phi) is 5.34. The second kappa shape index (κ2) is 7.97. The summed E-state index contributed by atoms with van der Waals surface area (Å²) in [5, 5.41) is 3.06. The van der Waals surface area contributed by atoms with E-state index in [0.717, 1.165) is 11.4 Å². The van der Waals surface area contributed by atoms with Crippen molar-refractivity contribution in [2.45, 2.75) is 25.6 Å². The van der Waals surface area contributed by atoms with Crippen molar-refractivity contribution in [3.8, 4) is 17.2 Å². The summed E-state index contributed by atoms with van der Waals surface area (Å²) in [4.78, 5) is 14.3. The molecule has 1 aliphatic heterocycles. The van der Waals surface area contributed by atoms with Gasteiger partial charge in [0.15, 0.2) is 11.6 Å². The maximum atomic E-state index is 12.8. The van der Waals surface area contributed by atoms with Crippen molar-refractivity contribution in [3.63, 3.8) is 0 Å². The minimum atomic E-state index is -4.29. The number of likely N-dealkylation sites (N-methyl/N-ethyl adjacent to an activating group) is 1. The van der Waals surface area contributed by atoms with E-state index >= 15 is 0 Å². The second-order valence-corrected chi connectivity index (χ2v) is 7.21. The second-order valence-electron chi connectivity index (χ2n) is 7.21. The first-order valence-corrected chi connectivity index (χ1v) is 9.49. The third kappa shape index (κ3) is 4.49. The van der Waals surface area contributed by atoms with Crippen LogP contribution in [0.25, 0.3) is 5.69 Å². The summed E-state index contributed by atoms with van der Waals surface area (Å²) in [6.45, 7) is 1.82. The van der Waals surface area contributed by atoms with Gasteiger partial charge in [-0.05, 0) is 19.1 Å². The number of aryl methyl sites for hydroxylation is 1. The Morgan fingerprint density at radius 3 is 2.77 bits per heavy atom. The molecule has 31 heavy (non-hydrogen) atoms. The van der Waals surface area contributed by atoms with Crippen molar-refractivity contribution in [1.82, 2.24) is 19.5 Å². The molecule has 0 amide bonds. The zero-order valence-electron chi connectivity index (χ0n) is 17.1. The molecule has 0 spiro atoms. The van der Waals surface area contributed by atoms with Crippen LogP contribution in [0.3, 0.4) is 0 Å². The van der Waals surface area contributed by atoms with Gasteiger partial charge in [-0.25, -0.2) is 9.97 Å². The number of ether oxygens (including phenoxy) is 2. The lowest BCUT2D eigenvalue weighted by Crippen LogP contribution is -2.43. The number of fused-ring (bicyclic) bond motifs is 1. The highest BCUT2D eigenvalue weighted by Crippen LogP contribution is 2.35. The van der Waals surface area contributed by atoms with E-state index in [-0.39, 0.29) is 12.6 Å². The maximum Gasteiger partial charge on any atom is 0.391 e. The number of imidazole rings is 1. The van der Waals surface area contributed by atoms with Gasteiger partial charge in [0.1, 0.15) is 12.4 Å². The number of alkyl halides is 3. The van der Waals surface area contributed by atoms with Crippen molar-refractivity contribution < 1.29 is 22.6 Å². The molecular formula is C20H21F3N6O2. The average molecular weight is 434 g/mol. The fourth-order valence-corrected chi connectivity index (χ4v) is 3.36. The molecular weight excluding hydrogens is 413 g/mol. The smallest absolute Gasteiger partial charge is 0.391 e. The van der Waals surface area contributed by atoms with Crippen LogP contribution in [0.1, 0.15) is 12.1 Å². The van der Waals surface area contributed by atoms with Gasteiger partial charge in [0.25, 0.3) is 0 Å². The standard InChI is InChI=1S/C20H21F3N6O2/c1-12-9-29(11-25-12)15-5-4-13(6-16(15)30-3)26-19-24-8-17-18(27-19)28(2)14(10-31-17)7-20(21,22)23/h4-6,8-9,11,14H,7,10H2,1-3H3,(H,24,26,27). The van der Waals surface area contributed by atoms with Gasteiger partial charge in [-0.15, -0.1) is 0 Å². The van der Waals surface area contributed by atoms with E-state index in [1.54, 1.807) is 26.6 Å². The van der Waals surface area contributed by atoms with Crippen molar-refractivity contribution >= 4 is 17.5 Å². The van der Waals surface area contributed by atoms with Gasteiger partial charge < -0.3 is 24.3 Å². The van der Waals surface area contributed by atoms with Crippen molar-refractivity contribution in [3.05, 3.63) is 42.6 Å². The summed E-state index contributed by atoms with van der Waals surface area (Å²) in [7, 11) is 3.13. The van der Waals surface area contributed by atoms with E-state index in [0.29, 0.717) is 23.0 Å². The Labute approximate surface area is 176 Å². The van der Waals surface area contributed by atoms with E-state index in [2.05, 4.69) is 20.3 Å². The number of benzene rings is 1. The lowest BCUT2D eigenvalue weighted by Gasteiger charge is -2.35. The first-order chi connectivity index (χ1) is 14.7. The zero-order chi connectivity index (χ0) is 22.2. The number of hydrogen-bond donors (Lipinski definition) is 1. The van der Waals surface area contributed by atoms with Crippen LogP contribution < -0.4 is 19.7 Å². The Morgan fingerprint density at radius 2 is 2.10 bits per heavy atom. The number of halogens is 3. The molecule has 8 nitrogen and oxygen atoms in total. The fraction of sp³-hybridized carbons (Fsp3) is 0.350. The molecule has 3 aromatic rings. The minimum absolute atomic E-state index is 0.0778. The Bertz CT molecular complexity index is 1090. The molecule has 0 aliphatic carbocycles. The molecule has 1 N–H and O–H groups in total. The third-order valence-corrected chi connectivity index (χ3v) is 4.94. The molecule has 11 heteroatoms. The summed E-state index contributed by atoms with van der Waals surface area (Å²) in [5.41, 5.74) is 2.34. The van der Waals surface area contributed by atoms with Crippen molar-refractivity contribution in [1.29, 1.82) is 0 Å². The molecule has 3 heterocycles. The van der Waals surface area contributed by atoms with Gasteiger partial charge in [0, 0.05) is 25.0 Å². The summed E-state index contributed by atoms with van der Waals surface area (Å²) in [6, 6.07) is 4.60. The molecule has 0 saturated carbocycles. The molecule has 0 saturated heterocycles. The first kappa shape index (κ1) is 20.8. The SMILES string of the molecule is COc1cc(Nc2ncc3c(n2)N(C)C(CC(F)(F)F)CO3)ccc1-n1cnc(C)c1. The maximum absolute atomic E-state index is 12.8. The number of hydrogen-bond acceptors (Lipinski definition) is 7. The van der Waals surface area contributed by atoms with Crippen LogP contribution in [-0.4, -0.2) is 52.5 Å². The Balaban J connectivity index is 1.57. The van der Waals surface area contributed by atoms with Gasteiger partial charge in [-0.2, -0.15) is 18.2 Å². The highest BCUT2D eigenvalue weighted by atomic mass is 19.4. The average Bonchev–Trinajstić information content (AvgIpc) is 3.15. The van der Waals surface area contributed by atoms with Crippen LogP contribution in [0.15, 0.2) is 36.9 Å². The molecule has 1 unspecified atom stereocenters. The van der Waals surface area contributed by atoms with Crippen molar-refractivity contribution in [2.75, 3.05) is 31.0 Å². The number of aromatic nitrogens is 4. The summed E-state index contributed by atoms with van der Waals surface area (Å²) < 4.78 is 51.3. The van der Waals surface area contributed by atoms with Gasteiger partial charge in [-0.1, -0.05) is 0 Å². The summed E-state index contributed by atoms with van der Waals surface area (Å²) >= 11 is 0. The van der Waals surface area contributed by atoms with Crippen LogP contribution in [0, 0.1) is 6.92 Å². The van der Waals surface area contributed by atoms with E-state index in [1.807, 2.05) is 29.8 Å². The summed E-state index contributed by atoms with van der Waals surface area (Å²) in [6.07, 6.45) is -0.252. The summed E-state index contributed by atoms with van der Waals surface area (Å²) in [5.74, 6) is 1.48. The van der Waals surface area contributed by atoms with Crippen LogP contribution in [0.5, 0.6) is 11.5 Å². The lowest BCUT2D eigenvalue weighted by molar-refractivity contribution is -0.140. The Morgan fingerprint density at radius 1 is 1.29 bits per heavy atom. The molecule has 1 atom stereocenters. The van der Waals surface area contributed by atoms with E-state index in [9.17, 15) is 13.2 Å². The van der Waals surface area contributed by atoms with Gasteiger partial charge in [-0.3, -0.25) is 0 Å². The first-order valence-electron chi connectivity index (χ1n) is 9.49. The third-order valence-electron chi connectivity index (χ3n) is 4.94. The van der Waals surface area contributed by atoms with Crippen LogP contribution in [0.2, 0.25) is 0 Å². The zero-order valence-corrected chi connectivity index (χ0v) is 17.1. The topological polar surface area (TPSA) is 77.3 Å². The molecule has 2 aromatic heterocycles. The van der Waals surface area contributed by atoms with E-state index in [4.69, 9.17) is 9.47 Å².